The number of methoxy groups -OCH3 is 2. The average molecular weight is 299 g/mol. The van der Waals surface area contributed by atoms with Crippen LogP contribution in [-0.2, 0) is 0 Å². The van der Waals surface area contributed by atoms with Crippen LogP contribution < -0.4 is 20.5 Å². The van der Waals surface area contributed by atoms with E-state index in [0.717, 1.165) is 0 Å². The van der Waals surface area contributed by atoms with Crippen molar-refractivity contribution in [2.24, 2.45) is 5.73 Å². The summed E-state index contributed by atoms with van der Waals surface area (Å²) in [5.41, 5.74) is 6.25. The SMILES string of the molecule is COc1cc(Nc2nnc(C(C)N)o2)c(OC)cc1Cl. The summed E-state index contributed by atoms with van der Waals surface area (Å²) < 4.78 is 15.8. The molecule has 0 aliphatic heterocycles. The summed E-state index contributed by atoms with van der Waals surface area (Å²) in [4.78, 5) is 0. The van der Waals surface area contributed by atoms with Crippen molar-refractivity contribution in [3.05, 3.63) is 23.0 Å². The third kappa shape index (κ3) is 2.94. The van der Waals surface area contributed by atoms with Gasteiger partial charge in [0.2, 0.25) is 5.89 Å². The molecular formula is C12H15ClN4O3. The molecular weight excluding hydrogens is 284 g/mol. The second-order valence-corrected chi connectivity index (χ2v) is 4.45. The average Bonchev–Trinajstić information content (AvgIpc) is 2.89. The van der Waals surface area contributed by atoms with Gasteiger partial charge in [-0.1, -0.05) is 16.7 Å². The Morgan fingerprint density at radius 1 is 1.25 bits per heavy atom. The normalized spacial score (nSPS) is 12.1. The fourth-order valence-electron chi connectivity index (χ4n) is 1.54. The Balaban J connectivity index is 2.31. The second-order valence-electron chi connectivity index (χ2n) is 4.05. The van der Waals surface area contributed by atoms with Gasteiger partial charge in [-0.2, -0.15) is 0 Å². The van der Waals surface area contributed by atoms with Crippen molar-refractivity contribution in [2.75, 3.05) is 19.5 Å². The molecule has 0 amide bonds. The molecule has 2 aromatic rings. The van der Waals surface area contributed by atoms with Crippen molar-refractivity contribution in [3.63, 3.8) is 0 Å². The summed E-state index contributed by atoms with van der Waals surface area (Å²) in [5, 5.41) is 11.1. The highest BCUT2D eigenvalue weighted by atomic mass is 35.5. The Morgan fingerprint density at radius 2 is 1.95 bits per heavy atom. The number of benzene rings is 1. The highest BCUT2D eigenvalue weighted by Gasteiger charge is 2.14. The Hall–Kier alpha value is -1.99. The Morgan fingerprint density at radius 3 is 2.50 bits per heavy atom. The number of halogens is 1. The first-order valence-corrected chi connectivity index (χ1v) is 6.20. The lowest BCUT2D eigenvalue weighted by atomic mass is 10.2. The van der Waals surface area contributed by atoms with E-state index < -0.39 is 0 Å². The van der Waals surface area contributed by atoms with Crippen LogP contribution in [0.15, 0.2) is 16.5 Å². The lowest BCUT2D eigenvalue weighted by Crippen LogP contribution is -2.04. The number of nitrogens with two attached hydrogens (primary N) is 1. The van der Waals surface area contributed by atoms with Crippen LogP contribution >= 0.6 is 11.6 Å². The van der Waals surface area contributed by atoms with E-state index in [9.17, 15) is 0 Å². The van der Waals surface area contributed by atoms with Crippen LogP contribution in [0.25, 0.3) is 0 Å². The fourth-order valence-corrected chi connectivity index (χ4v) is 1.77. The lowest BCUT2D eigenvalue weighted by Gasteiger charge is -2.11. The van der Waals surface area contributed by atoms with Gasteiger partial charge in [0.1, 0.15) is 11.5 Å². The molecule has 0 bridgehead atoms. The monoisotopic (exact) mass is 298 g/mol. The van der Waals surface area contributed by atoms with E-state index in [2.05, 4.69) is 15.5 Å². The zero-order chi connectivity index (χ0) is 14.7. The van der Waals surface area contributed by atoms with Gasteiger partial charge in [-0.05, 0) is 6.92 Å². The molecule has 0 aliphatic rings. The molecule has 1 aromatic carbocycles. The van der Waals surface area contributed by atoms with Gasteiger partial charge in [-0.3, -0.25) is 0 Å². The van der Waals surface area contributed by atoms with Gasteiger partial charge in [0.05, 0.1) is 31.0 Å². The number of anilines is 2. The molecule has 2 rings (SSSR count). The number of nitrogens with one attached hydrogen (secondary N) is 1. The van der Waals surface area contributed by atoms with E-state index in [1.165, 1.54) is 14.2 Å². The number of rotatable bonds is 5. The highest BCUT2D eigenvalue weighted by Crippen LogP contribution is 2.37. The fraction of sp³-hybridized carbons (Fsp3) is 0.333. The molecule has 1 aromatic heterocycles. The summed E-state index contributed by atoms with van der Waals surface area (Å²) in [6.07, 6.45) is 0. The molecule has 0 saturated heterocycles. The van der Waals surface area contributed by atoms with E-state index in [0.29, 0.717) is 28.1 Å². The molecule has 1 heterocycles. The van der Waals surface area contributed by atoms with Crippen LogP contribution in [0, 0.1) is 0 Å². The van der Waals surface area contributed by atoms with E-state index in [1.54, 1.807) is 19.1 Å². The van der Waals surface area contributed by atoms with Crippen LogP contribution in [0.1, 0.15) is 18.9 Å². The molecule has 8 heteroatoms. The van der Waals surface area contributed by atoms with Crippen molar-refractivity contribution >= 4 is 23.3 Å². The predicted octanol–water partition coefficient (Wildman–Crippen LogP) is 2.50. The van der Waals surface area contributed by atoms with Gasteiger partial charge in [0.15, 0.2) is 0 Å². The molecule has 7 nitrogen and oxygen atoms in total. The Kier molecular flexibility index (Phi) is 4.31. The third-order valence-electron chi connectivity index (χ3n) is 2.55. The van der Waals surface area contributed by atoms with Gasteiger partial charge < -0.3 is 24.9 Å². The molecule has 0 fully saturated rings. The standard InChI is InChI=1S/C12H15ClN4O3/c1-6(14)11-16-17-12(20-11)15-8-5-9(18-2)7(13)4-10(8)19-3/h4-6H,14H2,1-3H3,(H,15,17). The first-order chi connectivity index (χ1) is 9.55. The summed E-state index contributed by atoms with van der Waals surface area (Å²) >= 11 is 6.03. The largest absolute Gasteiger partial charge is 0.495 e. The summed E-state index contributed by atoms with van der Waals surface area (Å²) in [5.74, 6) is 1.37. The molecule has 108 valence electrons. The summed E-state index contributed by atoms with van der Waals surface area (Å²) in [7, 11) is 3.06. The first kappa shape index (κ1) is 14.4. The minimum atomic E-state index is -0.334. The highest BCUT2D eigenvalue weighted by molar-refractivity contribution is 6.32. The Bertz CT molecular complexity index is 600. The number of nitrogens with zero attached hydrogens (tertiary/aromatic N) is 2. The van der Waals surface area contributed by atoms with Crippen LogP contribution in [0.2, 0.25) is 5.02 Å². The summed E-state index contributed by atoms with van der Waals surface area (Å²) in [6.45, 7) is 1.75. The number of aromatic nitrogens is 2. The van der Waals surface area contributed by atoms with Crippen LogP contribution in [0.4, 0.5) is 11.7 Å². The number of hydrogen-bond acceptors (Lipinski definition) is 7. The topological polar surface area (TPSA) is 95.4 Å². The molecule has 3 N–H and O–H groups in total. The van der Waals surface area contributed by atoms with Crippen molar-refractivity contribution in [1.29, 1.82) is 0 Å². The van der Waals surface area contributed by atoms with Crippen molar-refractivity contribution < 1.29 is 13.9 Å². The minimum Gasteiger partial charge on any atom is -0.495 e. The number of hydrogen-bond donors (Lipinski definition) is 2. The Labute approximate surface area is 121 Å². The number of ether oxygens (including phenoxy) is 2. The molecule has 20 heavy (non-hydrogen) atoms. The predicted molar refractivity (Wildman–Crippen MR) is 74.7 cm³/mol. The summed E-state index contributed by atoms with van der Waals surface area (Å²) in [6, 6.07) is 3.18. The van der Waals surface area contributed by atoms with Gasteiger partial charge in [-0.25, -0.2) is 0 Å². The molecule has 1 atom stereocenters. The van der Waals surface area contributed by atoms with Crippen LogP contribution in [0.5, 0.6) is 11.5 Å². The maximum Gasteiger partial charge on any atom is 0.320 e. The minimum absolute atomic E-state index is 0.208. The van der Waals surface area contributed by atoms with E-state index in [4.69, 9.17) is 31.2 Å². The molecule has 0 saturated carbocycles. The smallest absolute Gasteiger partial charge is 0.320 e. The van der Waals surface area contributed by atoms with Gasteiger partial charge in [0.25, 0.3) is 0 Å². The van der Waals surface area contributed by atoms with E-state index >= 15 is 0 Å². The molecule has 0 radical (unpaired) electrons. The first-order valence-electron chi connectivity index (χ1n) is 5.82. The van der Waals surface area contributed by atoms with Gasteiger partial charge >= 0.3 is 6.01 Å². The lowest BCUT2D eigenvalue weighted by molar-refractivity contribution is 0.404. The molecule has 1 unspecified atom stereocenters. The quantitative estimate of drug-likeness (QED) is 0.875. The zero-order valence-corrected chi connectivity index (χ0v) is 12.1. The van der Waals surface area contributed by atoms with E-state index in [1.807, 2.05) is 0 Å². The van der Waals surface area contributed by atoms with E-state index in [-0.39, 0.29) is 12.1 Å². The zero-order valence-electron chi connectivity index (χ0n) is 11.3. The van der Waals surface area contributed by atoms with Gasteiger partial charge in [0, 0.05) is 12.1 Å². The molecule has 0 spiro atoms. The second kappa shape index (κ2) is 5.98. The van der Waals surface area contributed by atoms with Crippen LogP contribution in [0.3, 0.4) is 0 Å². The van der Waals surface area contributed by atoms with Crippen molar-refractivity contribution in [2.45, 2.75) is 13.0 Å². The maximum atomic E-state index is 6.03. The maximum absolute atomic E-state index is 6.03. The third-order valence-corrected chi connectivity index (χ3v) is 2.84. The van der Waals surface area contributed by atoms with Crippen molar-refractivity contribution in [1.82, 2.24) is 10.2 Å². The van der Waals surface area contributed by atoms with Crippen LogP contribution in [-0.4, -0.2) is 24.4 Å². The van der Waals surface area contributed by atoms with Crippen molar-refractivity contribution in [3.8, 4) is 11.5 Å². The van der Waals surface area contributed by atoms with Gasteiger partial charge in [-0.15, -0.1) is 5.10 Å². The molecule has 0 aliphatic carbocycles.